The number of carboxylic acid groups (broad SMARTS) is 2. The molecule has 4 saturated carbocycles. The van der Waals surface area contributed by atoms with Crippen molar-refractivity contribution in [3.8, 4) is 0 Å². The Balaban J connectivity index is 0.940. The predicted molar refractivity (Wildman–Crippen MR) is 253 cm³/mol. The van der Waals surface area contributed by atoms with Crippen molar-refractivity contribution in [3.05, 3.63) is 11.6 Å². The molecule has 28 atom stereocenters. The summed E-state index contributed by atoms with van der Waals surface area (Å²) in [6.45, 7) is 13.7. The smallest absolute Gasteiger partial charge is 0.335 e. The molecule has 4 aliphatic heterocycles. The standard InChI is InChI=1S/C52H82O23/c1-21-37(72-42-34(61)29(56)25(54)18-68-42)33(60)36(63)43(71-21)74-39-30(57)26(55)19-69-45(39)70-20-52-14-12-47(2,3)16-23(52)22-8-9-27-48(4)17-24(53)40(75-44-35(62)31(58)32(59)38(73-44)41(64)65)51(7,46(66)67)28(48)10-11-50(27,6)49(22,5)13-15-52/h8,21,23-40,42-45,53-63H,9-20H2,1-7H3,(H,64,65)(H,66,67)/t21-,23-,24-,25+,26-,27+,28+,29-,30-,31-,32-,33-,34+,35+,36+,37-,38-,39+,40-,42-,43-,44-,45-,48+,49+,50+,51-,52+/m0/s1. The average Bonchev–Trinajstić information content (AvgIpc) is 3.34. The van der Waals surface area contributed by atoms with Crippen LogP contribution in [0, 0.1) is 50.2 Å². The molecule has 4 saturated heterocycles. The summed E-state index contributed by atoms with van der Waals surface area (Å²) in [5.74, 6) is -3.55. The van der Waals surface area contributed by atoms with Crippen LogP contribution in [0.3, 0.4) is 0 Å². The second-order valence-electron chi connectivity index (χ2n) is 25.4. The fraction of sp³-hybridized carbons (Fsp3) is 0.923. The maximum Gasteiger partial charge on any atom is 0.335 e. The van der Waals surface area contributed by atoms with Crippen LogP contribution < -0.4 is 0 Å². The SMILES string of the molecule is C[C@@H]1O[C@@H](O[C@H]2[C@H](OC[C@]34CCC(C)(C)C[C@H]3C3=CC[C@@H]5[C@@]6(C)C[C@H](O)[C@H](O[C@@H]7O[C@H](C(=O)O)[C@@H](O)[C@H](O)[C@H]7O)[C@@](C)(C(=O)O)[C@@H]6CC[C@@]5(C)[C@]3(C)CC4)OC[C@H](O)[C@@H]2O)[C@H](O)[C@H](O)[C@H]1O[C@@H]1OC[C@@H](O)[C@H](O)[C@H]1O. The Morgan fingerprint density at radius 1 is 0.613 bits per heavy atom. The van der Waals surface area contributed by atoms with Gasteiger partial charge < -0.3 is 104 Å². The molecule has 9 aliphatic rings. The van der Waals surface area contributed by atoms with E-state index in [0.717, 1.165) is 32.1 Å². The summed E-state index contributed by atoms with van der Waals surface area (Å²) in [4.78, 5) is 25.6. The van der Waals surface area contributed by atoms with E-state index in [1.807, 2.05) is 0 Å². The van der Waals surface area contributed by atoms with Crippen LogP contribution in [0.1, 0.15) is 106 Å². The summed E-state index contributed by atoms with van der Waals surface area (Å²) >= 11 is 0. The quantitative estimate of drug-likeness (QED) is 0.0860. The first kappa shape index (κ1) is 57.6. The summed E-state index contributed by atoms with van der Waals surface area (Å²) in [6.07, 6.45) is -23.7. The first-order valence-corrected chi connectivity index (χ1v) is 26.7. The molecule has 13 N–H and O–H groups in total. The Bertz CT molecular complexity index is 2130. The number of ether oxygens (including phenoxy) is 8. The zero-order valence-electron chi connectivity index (χ0n) is 43.7. The fourth-order valence-electron chi connectivity index (χ4n) is 16.0. The zero-order valence-corrected chi connectivity index (χ0v) is 43.7. The van der Waals surface area contributed by atoms with E-state index < -0.39 is 168 Å². The minimum atomic E-state index is -1.99. The Morgan fingerprint density at radius 3 is 1.88 bits per heavy atom. The monoisotopic (exact) mass is 1070 g/mol. The Hall–Kier alpha value is -2.08. The van der Waals surface area contributed by atoms with Crippen LogP contribution in [0.5, 0.6) is 0 Å². The highest BCUT2D eigenvalue weighted by molar-refractivity contribution is 5.76. The van der Waals surface area contributed by atoms with Gasteiger partial charge in [-0.1, -0.05) is 46.3 Å². The van der Waals surface area contributed by atoms with Gasteiger partial charge in [0.05, 0.1) is 37.4 Å². The lowest BCUT2D eigenvalue weighted by atomic mass is 9.33. The van der Waals surface area contributed by atoms with Gasteiger partial charge in [-0.15, -0.1) is 0 Å². The van der Waals surface area contributed by atoms with Crippen LogP contribution in [-0.2, 0) is 47.5 Å². The van der Waals surface area contributed by atoms with Crippen LogP contribution >= 0.6 is 0 Å². The molecule has 0 bridgehead atoms. The number of carbonyl (C=O) groups is 2. The first-order valence-electron chi connectivity index (χ1n) is 26.7. The normalized spacial score (nSPS) is 54.8. The second kappa shape index (κ2) is 20.5. The second-order valence-corrected chi connectivity index (χ2v) is 25.4. The summed E-state index contributed by atoms with van der Waals surface area (Å²) in [7, 11) is 0. The van der Waals surface area contributed by atoms with E-state index in [4.69, 9.17) is 37.9 Å². The highest BCUT2D eigenvalue weighted by Crippen LogP contribution is 2.76. The third-order valence-corrected chi connectivity index (χ3v) is 20.7. The van der Waals surface area contributed by atoms with Gasteiger partial charge in [0, 0.05) is 5.41 Å². The van der Waals surface area contributed by atoms with E-state index in [0.29, 0.717) is 19.3 Å². The lowest BCUT2D eigenvalue weighted by molar-refractivity contribution is -0.372. The molecule has 8 fully saturated rings. The Kier molecular flexibility index (Phi) is 15.7. The lowest BCUT2D eigenvalue weighted by Crippen LogP contribution is -2.70. The van der Waals surface area contributed by atoms with E-state index in [1.54, 1.807) is 0 Å². The number of aliphatic hydroxyl groups is 11. The van der Waals surface area contributed by atoms with Crippen molar-refractivity contribution < 1.29 is 114 Å². The average molecular weight is 1080 g/mol. The molecule has 428 valence electrons. The topological polar surface area (TPSA) is 371 Å². The molecular formula is C52H82O23. The van der Waals surface area contributed by atoms with Crippen LogP contribution in [0.2, 0.25) is 0 Å². The van der Waals surface area contributed by atoms with Gasteiger partial charge in [0.2, 0.25) is 0 Å². The third kappa shape index (κ3) is 9.35. The van der Waals surface area contributed by atoms with Crippen molar-refractivity contribution >= 4 is 11.9 Å². The van der Waals surface area contributed by atoms with Crippen molar-refractivity contribution in [2.75, 3.05) is 19.8 Å². The van der Waals surface area contributed by atoms with Gasteiger partial charge in [-0.05, 0) is 111 Å². The molecule has 5 aliphatic carbocycles. The number of aliphatic carboxylic acids is 2. The molecule has 9 rings (SSSR count). The number of aliphatic hydroxyl groups excluding tert-OH is 11. The van der Waals surface area contributed by atoms with E-state index in [2.05, 4.69) is 40.7 Å². The number of fused-ring (bicyclic) bond motifs is 7. The van der Waals surface area contributed by atoms with E-state index in [-0.39, 0.29) is 43.5 Å². The third-order valence-electron chi connectivity index (χ3n) is 20.7. The molecule has 0 aromatic heterocycles. The number of hydrogen-bond donors (Lipinski definition) is 13. The number of carboxylic acids is 2. The Morgan fingerprint density at radius 2 is 1.21 bits per heavy atom. The van der Waals surface area contributed by atoms with Gasteiger partial charge >= 0.3 is 11.9 Å². The number of hydrogen-bond acceptors (Lipinski definition) is 21. The van der Waals surface area contributed by atoms with Crippen molar-refractivity contribution in [3.63, 3.8) is 0 Å². The molecule has 0 radical (unpaired) electrons. The van der Waals surface area contributed by atoms with Crippen molar-refractivity contribution in [2.24, 2.45) is 50.2 Å². The molecule has 75 heavy (non-hydrogen) atoms. The molecule has 23 nitrogen and oxygen atoms in total. The van der Waals surface area contributed by atoms with Crippen molar-refractivity contribution in [1.82, 2.24) is 0 Å². The van der Waals surface area contributed by atoms with Crippen LogP contribution in [-0.4, -0.2) is 221 Å². The minimum Gasteiger partial charge on any atom is -0.481 e. The van der Waals surface area contributed by atoms with Gasteiger partial charge in [0.1, 0.15) is 79.4 Å². The maximum atomic E-state index is 13.7. The summed E-state index contributed by atoms with van der Waals surface area (Å²) in [6, 6.07) is 0. The lowest BCUT2D eigenvalue weighted by Gasteiger charge is -2.71. The molecule has 0 unspecified atom stereocenters. The largest absolute Gasteiger partial charge is 0.481 e. The summed E-state index contributed by atoms with van der Waals surface area (Å²) < 4.78 is 47.5. The highest BCUT2D eigenvalue weighted by atomic mass is 16.8. The van der Waals surface area contributed by atoms with Crippen LogP contribution in [0.4, 0.5) is 0 Å². The number of allylic oxidation sites excluding steroid dienone is 2. The Labute approximate surface area is 435 Å². The molecule has 0 spiro atoms. The highest BCUT2D eigenvalue weighted by Gasteiger charge is 2.72. The van der Waals surface area contributed by atoms with Gasteiger partial charge in [0.25, 0.3) is 0 Å². The maximum absolute atomic E-state index is 13.7. The number of rotatable bonds is 11. The van der Waals surface area contributed by atoms with Gasteiger partial charge in [0.15, 0.2) is 31.3 Å². The first-order chi connectivity index (χ1) is 35.0. The van der Waals surface area contributed by atoms with Gasteiger partial charge in [-0.2, -0.15) is 0 Å². The van der Waals surface area contributed by atoms with Crippen LogP contribution in [0.15, 0.2) is 11.6 Å². The molecule has 0 aromatic rings. The molecule has 0 aromatic carbocycles. The van der Waals surface area contributed by atoms with Crippen LogP contribution in [0.25, 0.3) is 0 Å². The van der Waals surface area contributed by atoms with Crippen molar-refractivity contribution in [2.45, 2.75) is 229 Å². The van der Waals surface area contributed by atoms with E-state index in [9.17, 15) is 76.0 Å². The summed E-state index contributed by atoms with van der Waals surface area (Å²) in [5, 5.41) is 140. The molecular weight excluding hydrogens is 993 g/mol. The fourth-order valence-corrected chi connectivity index (χ4v) is 16.0. The molecule has 4 heterocycles. The predicted octanol–water partition coefficient (Wildman–Crippen LogP) is -1.13. The minimum absolute atomic E-state index is 0.0127. The molecule has 0 amide bonds. The molecule has 23 heteroatoms. The van der Waals surface area contributed by atoms with E-state index in [1.165, 1.54) is 19.4 Å². The van der Waals surface area contributed by atoms with E-state index >= 15 is 0 Å². The zero-order chi connectivity index (χ0) is 54.9. The van der Waals surface area contributed by atoms with Gasteiger partial charge in [-0.3, -0.25) is 4.79 Å². The summed E-state index contributed by atoms with van der Waals surface area (Å²) in [5.41, 5.74) is -2.52. The van der Waals surface area contributed by atoms with Crippen molar-refractivity contribution in [1.29, 1.82) is 0 Å². The van der Waals surface area contributed by atoms with Gasteiger partial charge in [-0.25, -0.2) is 4.79 Å².